The van der Waals surface area contributed by atoms with E-state index in [1.54, 1.807) is 0 Å². The number of hydrogen-bond acceptors (Lipinski definition) is 7. The SMILES string of the molecule is C=C(C)CC1CCC2(C(=O)NC3CC(C(=O)N4CCN(CC)CC4)C3C)CCC3(C)C(CCC4C5(C)CCC(OC(=O)C6CC(C(=O)OCc7ccccc7)C6C)C(C)C5CCC43C)C12. The minimum absolute atomic E-state index is 0.00920. The lowest BCUT2D eigenvalue weighted by Gasteiger charge is -2.72. The van der Waals surface area contributed by atoms with E-state index in [1.165, 1.54) is 24.8 Å². The van der Waals surface area contributed by atoms with Crippen molar-refractivity contribution in [3.63, 3.8) is 0 Å². The minimum Gasteiger partial charge on any atom is -0.462 e. The molecule has 7 saturated carbocycles. The van der Waals surface area contributed by atoms with Crippen LogP contribution >= 0.6 is 0 Å². The molecule has 7 aliphatic carbocycles. The van der Waals surface area contributed by atoms with Gasteiger partial charge in [-0.15, -0.1) is 6.58 Å². The molecule has 1 aromatic carbocycles. The van der Waals surface area contributed by atoms with E-state index in [4.69, 9.17) is 9.47 Å². The van der Waals surface area contributed by atoms with Gasteiger partial charge in [0.15, 0.2) is 0 Å². The summed E-state index contributed by atoms with van der Waals surface area (Å²) in [5, 5.41) is 3.65. The second-order valence-corrected chi connectivity index (χ2v) is 24.2. The number of rotatable bonds is 11. The van der Waals surface area contributed by atoms with Crippen LogP contribution in [0.3, 0.4) is 0 Å². The monoisotopic (exact) mass is 894 g/mol. The lowest BCUT2D eigenvalue weighted by Crippen LogP contribution is -2.67. The van der Waals surface area contributed by atoms with Crippen molar-refractivity contribution in [2.45, 2.75) is 158 Å². The maximum Gasteiger partial charge on any atom is 0.309 e. The maximum atomic E-state index is 15.1. The number of carbonyl (C=O) groups excluding carboxylic acids is 4. The first-order valence-electron chi connectivity index (χ1n) is 26.3. The molecule has 8 aliphatic rings. The van der Waals surface area contributed by atoms with Crippen LogP contribution in [0, 0.1) is 86.8 Å². The van der Waals surface area contributed by atoms with E-state index in [1.807, 2.05) is 37.3 Å². The third kappa shape index (κ3) is 7.74. The number of carbonyl (C=O) groups is 4. The van der Waals surface area contributed by atoms with Crippen molar-refractivity contribution in [1.29, 1.82) is 0 Å². The predicted molar refractivity (Wildman–Crippen MR) is 254 cm³/mol. The Hall–Kier alpha value is -3.20. The summed E-state index contributed by atoms with van der Waals surface area (Å²) in [5.74, 6) is 2.47. The van der Waals surface area contributed by atoms with E-state index in [-0.39, 0.29) is 93.8 Å². The van der Waals surface area contributed by atoms with Gasteiger partial charge in [-0.25, -0.2) is 0 Å². The molecule has 8 fully saturated rings. The molecule has 1 aliphatic heterocycles. The fourth-order valence-corrected chi connectivity index (χ4v) is 17.2. The van der Waals surface area contributed by atoms with Crippen LogP contribution in [0.2, 0.25) is 0 Å². The van der Waals surface area contributed by atoms with E-state index in [2.05, 4.69) is 70.2 Å². The second-order valence-electron chi connectivity index (χ2n) is 24.2. The van der Waals surface area contributed by atoms with E-state index in [9.17, 15) is 14.4 Å². The predicted octanol–water partition coefficient (Wildman–Crippen LogP) is 9.88. The lowest BCUT2D eigenvalue weighted by molar-refractivity contribution is -0.238. The highest BCUT2D eigenvalue weighted by Gasteiger charge is 2.71. The van der Waals surface area contributed by atoms with Crippen molar-refractivity contribution in [1.82, 2.24) is 15.1 Å². The van der Waals surface area contributed by atoms with Crippen LogP contribution in [0.5, 0.6) is 0 Å². The smallest absolute Gasteiger partial charge is 0.309 e. The summed E-state index contributed by atoms with van der Waals surface area (Å²) in [6.07, 6.45) is 13.0. The van der Waals surface area contributed by atoms with Crippen LogP contribution < -0.4 is 5.32 Å². The number of hydrogen-bond donors (Lipinski definition) is 1. The third-order valence-corrected chi connectivity index (χ3v) is 21.6. The van der Waals surface area contributed by atoms with Gasteiger partial charge in [0.1, 0.15) is 12.7 Å². The Morgan fingerprint density at radius 2 is 1.48 bits per heavy atom. The topological polar surface area (TPSA) is 105 Å². The largest absolute Gasteiger partial charge is 0.462 e. The Morgan fingerprint density at radius 3 is 2.15 bits per heavy atom. The molecule has 9 nitrogen and oxygen atoms in total. The van der Waals surface area contributed by atoms with Crippen molar-refractivity contribution in [2.24, 2.45) is 86.8 Å². The molecule has 0 spiro atoms. The first-order chi connectivity index (χ1) is 31.0. The van der Waals surface area contributed by atoms with Gasteiger partial charge in [0.25, 0.3) is 0 Å². The van der Waals surface area contributed by atoms with Gasteiger partial charge in [0.2, 0.25) is 11.8 Å². The van der Waals surface area contributed by atoms with Gasteiger partial charge in [-0.05, 0) is 166 Å². The zero-order chi connectivity index (χ0) is 46.2. The maximum absolute atomic E-state index is 15.1. The zero-order valence-electron chi connectivity index (χ0n) is 41.4. The molecule has 17 unspecified atom stereocenters. The van der Waals surface area contributed by atoms with Crippen LogP contribution in [0.25, 0.3) is 0 Å². The first-order valence-corrected chi connectivity index (χ1v) is 26.3. The van der Waals surface area contributed by atoms with Crippen molar-refractivity contribution in [2.75, 3.05) is 32.7 Å². The molecule has 1 N–H and O–H groups in total. The Kier molecular flexibility index (Phi) is 12.8. The molecule has 1 heterocycles. The van der Waals surface area contributed by atoms with Crippen LogP contribution in [0.1, 0.15) is 144 Å². The quantitative estimate of drug-likeness (QED) is 0.174. The summed E-state index contributed by atoms with van der Waals surface area (Å²) in [7, 11) is 0. The number of benzene rings is 1. The van der Waals surface area contributed by atoms with Crippen molar-refractivity contribution >= 4 is 23.8 Å². The second kappa shape index (κ2) is 17.7. The molecule has 1 saturated heterocycles. The highest BCUT2D eigenvalue weighted by atomic mass is 16.5. The molecule has 65 heavy (non-hydrogen) atoms. The average molecular weight is 894 g/mol. The molecule has 358 valence electrons. The van der Waals surface area contributed by atoms with Crippen molar-refractivity contribution in [3.8, 4) is 0 Å². The molecule has 0 aromatic heterocycles. The lowest BCUT2D eigenvalue weighted by atomic mass is 9.33. The number of likely N-dealkylation sites (N-methyl/N-ethyl adjacent to an activating group) is 1. The Balaban J connectivity index is 0.847. The van der Waals surface area contributed by atoms with E-state index < -0.39 is 0 Å². The number of ether oxygens (including phenoxy) is 2. The van der Waals surface area contributed by atoms with E-state index >= 15 is 4.79 Å². The summed E-state index contributed by atoms with van der Waals surface area (Å²) in [6, 6.07) is 9.82. The number of fused-ring (bicyclic) bond motifs is 7. The Bertz CT molecular complexity index is 1980. The number of nitrogens with zero attached hydrogens (tertiary/aromatic N) is 2. The van der Waals surface area contributed by atoms with Gasteiger partial charge in [-0.2, -0.15) is 0 Å². The van der Waals surface area contributed by atoms with Gasteiger partial charge in [0.05, 0.1) is 17.3 Å². The van der Waals surface area contributed by atoms with Crippen LogP contribution in [0.4, 0.5) is 0 Å². The molecule has 9 heteroatoms. The number of piperazine rings is 1. The average Bonchev–Trinajstić information content (AvgIpc) is 3.66. The van der Waals surface area contributed by atoms with Gasteiger partial charge >= 0.3 is 11.9 Å². The number of esters is 2. The highest BCUT2D eigenvalue weighted by Crippen LogP contribution is 2.77. The number of allylic oxidation sites excluding steroid dienone is 1. The summed E-state index contributed by atoms with van der Waals surface area (Å²) in [4.78, 5) is 59.9. The van der Waals surface area contributed by atoms with Crippen LogP contribution in [-0.2, 0) is 35.3 Å². The van der Waals surface area contributed by atoms with Crippen molar-refractivity contribution in [3.05, 3.63) is 48.0 Å². The highest BCUT2D eigenvalue weighted by molar-refractivity contribution is 5.85. The zero-order valence-corrected chi connectivity index (χ0v) is 41.4. The van der Waals surface area contributed by atoms with Gasteiger partial charge < -0.3 is 24.6 Å². The standard InChI is InChI=1S/C56H83N3O6/c1-10-58-26-28-59(29-27-58)49(60)40-32-45(36(40)5)57-52(63)56-23-18-39(30-34(2)3)48(56)44-16-17-47-53(7)21-20-46(37(6)43(53)19-22-55(47,9)54(44,8)24-25-56)65-51(62)42-31-41(35(42)4)50(61)64-33-38-14-12-11-13-15-38/h11-15,35-37,39-48H,2,10,16-33H2,1,3-9H3,(H,57,63). The van der Waals surface area contributed by atoms with Gasteiger partial charge in [0, 0.05) is 38.1 Å². The van der Waals surface area contributed by atoms with Crippen LogP contribution in [0.15, 0.2) is 42.5 Å². The fraction of sp³-hybridized carbons (Fsp3) is 0.786. The van der Waals surface area contributed by atoms with Crippen molar-refractivity contribution < 1.29 is 28.7 Å². The Labute approximate surface area is 391 Å². The van der Waals surface area contributed by atoms with Crippen LogP contribution in [-0.4, -0.2) is 78.4 Å². The molecule has 17 atom stereocenters. The molecule has 0 bridgehead atoms. The molecule has 9 rings (SSSR count). The molecule has 1 aromatic rings. The van der Waals surface area contributed by atoms with E-state index in [0.717, 1.165) is 96.1 Å². The summed E-state index contributed by atoms with van der Waals surface area (Å²) in [6.45, 7) is 28.1. The minimum atomic E-state index is -0.350. The van der Waals surface area contributed by atoms with Gasteiger partial charge in [-0.1, -0.05) is 84.4 Å². The van der Waals surface area contributed by atoms with E-state index in [0.29, 0.717) is 41.9 Å². The normalized spacial score (nSPS) is 44.4. The molecular formula is C56H83N3O6. The summed E-state index contributed by atoms with van der Waals surface area (Å²) in [5.41, 5.74) is 2.31. The summed E-state index contributed by atoms with van der Waals surface area (Å²) >= 11 is 0. The number of amides is 2. The third-order valence-electron chi connectivity index (χ3n) is 21.6. The molecular weight excluding hydrogens is 811 g/mol. The van der Waals surface area contributed by atoms with Gasteiger partial charge in [-0.3, -0.25) is 19.2 Å². The molecule has 0 radical (unpaired) electrons. The summed E-state index contributed by atoms with van der Waals surface area (Å²) < 4.78 is 12.1. The molecule has 2 amide bonds. The Morgan fingerprint density at radius 1 is 0.754 bits per heavy atom. The fourth-order valence-electron chi connectivity index (χ4n) is 17.2. The first kappa shape index (κ1) is 46.9. The number of nitrogens with one attached hydrogen (secondary N) is 1.